The lowest BCUT2D eigenvalue weighted by molar-refractivity contribution is -0.116. The van der Waals surface area contributed by atoms with Crippen molar-refractivity contribution in [3.63, 3.8) is 0 Å². The number of amides is 1. The molecule has 0 aliphatic rings. The fourth-order valence-corrected chi connectivity index (χ4v) is 3.35. The van der Waals surface area contributed by atoms with E-state index in [4.69, 9.17) is 9.47 Å². The summed E-state index contributed by atoms with van der Waals surface area (Å²) in [7, 11) is -0.593. The van der Waals surface area contributed by atoms with Gasteiger partial charge in [-0.25, -0.2) is 8.42 Å². The molecule has 146 valence electrons. The molecule has 0 saturated heterocycles. The number of nitrogens with one attached hydrogen (secondary N) is 1. The smallest absolute Gasteiger partial charge is 0.239 e. The van der Waals surface area contributed by atoms with Crippen molar-refractivity contribution in [2.24, 2.45) is 0 Å². The summed E-state index contributed by atoms with van der Waals surface area (Å²) in [5.74, 6) is 0.507. The van der Waals surface area contributed by atoms with Gasteiger partial charge < -0.3 is 14.8 Å². The molecule has 9 heteroatoms. The van der Waals surface area contributed by atoms with E-state index >= 15 is 0 Å². The van der Waals surface area contributed by atoms with Crippen LogP contribution in [0.4, 0.5) is 5.69 Å². The largest absolute Gasteiger partial charge is 0.497 e. The maximum Gasteiger partial charge on any atom is 0.239 e. The number of nitrogens with zero attached hydrogens (tertiary/aromatic N) is 1. The van der Waals surface area contributed by atoms with Crippen molar-refractivity contribution in [3.8, 4) is 11.5 Å². The van der Waals surface area contributed by atoms with Crippen molar-refractivity contribution in [1.82, 2.24) is 4.31 Å². The van der Waals surface area contributed by atoms with E-state index in [0.29, 0.717) is 17.2 Å². The Balaban J connectivity index is 2.15. The summed E-state index contributed by atoms with van der Waals surface area (Å²) in [6.45, 7) is -0.232. The number of carbonyl (C=O) groups excluding carboxylic acids is 1. The zero-order chi connectivity index (χ0) is 20.0. The SMILES string of the molecule is COc1ccc(OC)c(NC(=O)CN(Cc2ccc(Br)cc2)S(C)(=O)=O)c1. The predicted octanol–water partition coefficient (Wildman–Crippen LogP) is 2.87. The molecule has 0 spiro atoms. The average molecular weight is 457 g/mol. The molecule has 0 unspecified atom stereocenters. The van der Waals surface area contributed by atoms with Gasteiger partial charge in [0.05, 0.1) is 32.7 Å². The highest BCUT2D eigenvalue weighted by Gasteiger charge is 2.21. The summed E-state index contributed by atoms with van der Waals surface area (Å²) in [6.07, 6.45) is 1.07. The topological polar surface area (TPSA) is 84.9 Å². The van der Waals surface area contributed by atoms with E-state index in [1.165, 1.54) is 14.2 Å². The molecule has 0 radical (unpaired) electrons. The highest BCUT2D eigenvalue weighted by Crippen LogP contribution is 2.28. The van der Waals surface area contributed by atoms with E-state index in [0.717, 1.165) is 20.6 Å². The normalized spacial score (nSPS) is 11.3. The third-order valence-corrected chi connectivity index (χ3v) is 5.47. The maximum atomic E-state index is 12.5. The number of methoxy groups -OCH3 is 2. The average Bonchev–Trinajstić information content (AvgIpc) is 2.62. The first-order valence-electron chi connectivity index (χ1n) is 7.94. The van der Waals surface area contributed by atoms with E-state index < -0.39 is 15.9 Å². The van der Waals surface area contributed by atoms with Crippen LogP contribution in [0.5, 0.6) is 11.5 Å². The number of sulfonamides is 1. The Morgan fingerprint density at radius 3 is 2.33 bits per heavy atom. The van der Waals surface area contributed by atoms with Gasteiger partial charge in [-0.1, -0.05) is 28.1 Å². The molecular formula is C18H21BrN2O5S. The van der Waals surface area contributed by atoms with Crippen molar-refractivity contribution >= 4 is 37.5 Å². The van der Waals surface area contributed by atoms with Crippen LogP contribution in [0.15, 0.2) is 46.9 Å². The standard InChI is InChI=1S/C18H21BrN2O5S/c1-25-15-8-9-17(26-2)16(10-15)20-18(22)12-21(27(3,23)24)11-13-4-6-14(19)7-5-13/h4-10H,11-12H2,1-3H3,(H,20,22). The molecule has 0 aliphatic heterocycles. The van der Waals surface area contributed by atoms with Gasteiger partial charge in [-0.2, -0.15) is 4.31 Å². The predicted molar refractivity (Wildman–Crippen MR) is 108 cm³/mol. The molecule has 0 bridgehead atoms. The summed E-state index contributed by atoms with van der Waals surface area (Å²) in [5, 5.41) is 2.68. The lowest BCUT2D eigenvalue weighted by Crippen LogP contribution is -2.36. The molecule has 2 aromatic rings. The second-order valence-electron chi connectivity index (χ2n) is 5.77. The van der Waals surface area contributed by atoms with E-state index in [9.17, 15) is 13.2 Å². The van der Waals surface area contributed by atoms with Crippen LogP contribution in [0.25, 0.3) is 0 Å². The van der Waals surface area contributed by atoms with Gasteiger partial charge in [-0.05, 0) is 29.8 Å². The number of carbonyl (C=O) groups is 1. The van der Waals surface area contributed by atoms with Gasteiger partial charge in [-0.15, -0.1) is 0 Å². The minimum absolute atomic E-state index is 0.0920. The molecule has 7 nitrogen and oxygen atoms in total. The van der Waals surface area contributed by atoms with E-state index in [-0.39, 0.29) is 13.1 Å². The lowest BCUT2D eigenvalue weighted by Gasteiger charge is -2.20. The van der Waals surface area contributed by atoms with Crippen LogP contribution < -0.4 is 14.8 Å². The number of rotatable bonds is 8. The highest BCUT2D eigenvalue weighted by atomic mass is 79.9. The minimum Gasteiger partial charge on any atom is -0.497 e. The molecule has 27 heavy (non-hydrogen) atoms. The Hall–Kier alpha value is -2.10. The van der Waals surface area contributed by atoms with E-state index in [1.54, 1.807) is 30.3 Å². The number of anilines is 1. The Kier molecular flexibility index (Phi) is 7.23. The third kappa shape index (κ3) is 6.23. The lowest BCUT2D eigenvalue weighted by atomic mass is 10.2. The first-order valence-corrected chi connectivity index (χ1v) is 10.6. The number of hydrogen-bond donors (Lipinski definition) is 1. The van der Waals surface area contributed by atoms with Gasteiger partial charge in [0, 0.05) is 17.1 Å². The molecular weight excluding hydrogens is 436 g/mol. The minimum atomic E-state index is -3.58. The fraction of sp³-hybridized carbons (Fsp3) is 0.278. The number of ether oxygens (including phenoxy) is 2. The summed E-state index contributed by atoms with van der Waals surface area (Å²) in [4.78, 5) is 12.5. The third-order valence-electron chi connectivity index (χ3n) is 3.74. The van der Waals surface area contributed by atoms with Gasteiger partial charge in [0.25, 0.3) is 0 Å². The Morgan fingerprint density at radius 2 is 1.78 bits per heavy atom. The summed E-state index contributed by atoms with van der Waals surface area (Å²) in [5.41, 5.74) is 1.18. The molecule has 0 atom stereocenters. The second-order valence-corrected chi connectivity index (χ2v) is 8.67. The zero-order valence-electron chi connectivity index (χ0n) is 15.2. The quantitative estimate of drug-likeness (QED) is 0.659. The number of benzene rings is 2. The Bertz CT molecular complexity index is 900. The molecule has 2 rings (SSSR count). The van der Waals surface area contributed by atoms with Gasteiger partial charge in [0.1, 0.15) is 11.5 Å². The summed E-state index contributed by atoms with van der Waals surface area (Å²) in [6, 6.07) is 12.2. The molecule has 2 aromatic carbocycles. The Morgan fingerprint density at radius 1 is 1.11 bits per heavy atom. The number of hydrogen-bond acceptors (Lipinski definition) is 5. The van der Waals surface area contributed by atoms with E-state index in [2.05, 4.69) is 21.2 Å². The second kappa shape index (κ2) is 9.20. The van der Waals surface area contributed by atoms with Gasteiger partial charge in [0.15, 0.2) is 0 Å². The first-order chi connectivity index (χ1) is 12.7. The van der Waals surface area contributed by atoms with Crippen LogP contribution in [-0.4, -0.2) is 45.7 Å². The molecule has 1 amide bonds. The van der Waals surface area contributed by atoms with Crippen molar-refractivity contribution < 1.29 is 22.7 Å². The summed E-state index contributed by atoms with van der Waals surface area (Å²) < 4.78 is 36.6. The first kappa shape index (κ1) is 21.2. The van der Waals surface area contributed by atoms with Crippen LogP contribution in [0.1, 0.15) is 5.56 Å². The monoisotopic (exact) mass is 456 g/mol. The van der Waals surface area contributed by atoms with Crippen LogP contribution in [0.2, 0.25) is 0 Å². The van der Waals surface area contributed by atoms with Crippen LogP contribution in [0, 0.1) is 0 Å². The van der Waals surface area contributed by atoms with Crippen molar-refractivity contribution in [1.29, 1.82) is 0 Å². The van der Waals surface area contributed by atoms with E-state index in [1.807, 2.05) is 12.1 Å². The van der Waals surface area contributed by atoms with Crippen LogP contribution >= 0.6 is 15.9 Å². The molecule has 0 saturated carbocycles. The van der Waals surface area contributed by atoms with Gasteiger partial charge in [-0.3, -0.25) is 4.79 Å². The number of halogens is 1. The maximum absolute atomic E-state index is 12.5. The van der Waals surface area contributed by atoms with Crippen molar-refractivity contribution in [2.75, 3.05) is 32.3 Å². The fourth-order valence-electron chi connectivity index (χ4n) is 2.35. The van der Waals surface area contributed by atoms with Crippen LogP contribution in [0.3, 0.4) is 0 Å². The van der Waals surface area contributed by atoms with Gasteiger partial charge in [0.2, 0.25) is 15.9 Å². The molecule has 0 heterocycles. The zero-order valence-corrected chi connectivity index (χ0v) is 17.6. The van der Waals surface area contributed by atoms with Crippen molar-refractivity contribution in [3.05, 3.63) is 52.5 Å². The molecule has 0 aliphatic carbocycles. The molecule has 1 N–H and O–H groups in total. The highest BCUT2D eigenvalue weighted by molar-refractivity contribution is 9.10. The van der Waals surface area contributed by atoms with Crippen LogP contribution in [-0.2, 0) is 21.4 Å². The molecule has 0 aromatic heterocycles. The Labute approximate surface area is 167 Å². The molecule has 0 fully saturated rings. The van der Waals surface area contributed by atoms with Crippen molar-refractivity contribution in [2.45, 2.75) is 6.54 Å². The van der Waals surface area contributed by atoms with Gasteiger partial charge >= 0.3 is 0 Å². The summed E-state index contributed by atoms with van der Waals surface area (Å²) >= 11 is 3.34.